The first-order chi connectivity index (χ1) is 8.52. The van der Waals surface area contributed by atoms with E-state index >= 15 is 0 Å². The fourth-order valence-electron chi connectivity index (χ4n) is 2.18. The number of rotatable bonds is 8. The van der Waals surface area contributed by atoms with Gasteiger partial charge < -0.3 is 17.7 Å². The van der Waals surface area contributed by atoms with E-state index in [2.05, 4.69) is 6.92 Å². The first-order valence-corrected chi connectivity index (χ1v) is 9.95. The summed E-state index contributed by atoms with van der Waals surface area (Å²) in [7, 11) is 1.78. The Morgan fingerprint density at radius 2 is 1.00 bits per heavy atom. The minimum Gasteiger partial charge on any atom is -0.395 e. The average molecular weight is 291 g/mol. The predicted octanol–water partition coefficient (Wildman–Crippen LogP) is 2.62. The predicted molar refractivity (Wildman–Crippen MR) is 78.6 cm³/mol. The zero-order valence-electron chi connectivity index (χ0n) is 12.5. The Kier molecular flexibility index (Phi) is 7.92. The lowest BCUT2D eigenvalue weighted by atomic mass is 10.8. The number of hydrogen-bond acceptors (Lipinski definition) is 4. The minimum atomic E-state index is -2.48. The summed E-state index contributed by atoms with van der Waals surface area (Å²) in [5.74, 6) is 0. The third-order valence-corrected chi connectivity index (χ3v) is 12.3. The van der Waals surface area contributed by atoms with Crippen LogP contribution in [0.15, 0.2) is 23.6 Å². The molecule has 0 aromatic heterocycles. The topological polar surface area (TPSA) is 36.9 Å². The molecule has 0 aliphatic rings. The van der Waals surface area contributed by atoms with E-state index < -0.39 is 17.1 Å². The van der Waals surface area contributed by atoms with Gasteiger partial charge in [-0.3, -0.25) is 0 Å². The lowest BCUT2D eigenvalue weighted by Crippen LogP contribution is -2.57. The van der Waals surface area contributed by atoms with Crippen molar-refractivity contribution in [2.24, 2.45) is 0 Å². The van der Waals surface area contributed by atoms with Crippen molar-refractivity contribution in [3.63, 3.8) is 0 Å². The Labute approximate surface area is 113 Å². The largest absolute Gasteiger partial charge is 0.395 e. The van der Waals surface area contributed by atoms with Crippen molar-refractivity contribution in [3.8, 4) is 0 Å². The highest BCUT2D eigenvalue weighted by atomic mass is 28.4. The van der Waals surface area contributed by atoms with Crippen LogP contribution in [0.5, 0.6) is 0 Å². The van der Waals surface area contributed by atoms with Gasteiger partial charge in [-0.1, -0.05) is 19.1 Å². The molecule has 0 aromatic carbocycles. The molecule has 0 fully saturated rings. The average Bonchev–Trinajstić information content (AvgIpc) is 2.42. The van der Waals surface area contributed by atoms with E-state index in [4.69, 9.17) is 17.7 Å². The lowest BCUT2D eigenvalue weighted by molar-refractivity contribution is 0.219. The van der Waals surface area contributed by atoms with Gasteiger partial charge in [0.25, 0.3) is 0 Å². The van der Waals surface area contributed by atoms with E-state index in [1.165, 1.54) is 0 Å². The zero-order chi connectivity index (χ0) is 14.2. The molecule has 0 aliphatic carbocycles. The summed E-state index contributed by atoms with van der Waals surface area (Å²) in [5, 5.41) is 0.0717. The van der Waals surface area contributed by atoms with Crippen LogP contribution in [0.4, 0.5) is 0 Å². The van der Waals surface area contributed by atoms with E-state index in [0.29, 0.717) is 0 Å². The molecule has 0 heterocycles. The van der Waals surface area contributed by atoms with Gasteiger partial charge in [0, 0.05) is 28.4 Å². The van der Waals surface area contributed by atoms with Crippen LogP contribution in [0.1, 0.15) is 20.8 Å². The van der Waals surface area contributed by atoms with Gasteiger partial charge >= 0.3 is 17.1 Å². The van der Waals surface area contributed by atoms with E-state index in [9.17, 15) is 0 Å². The highest BCUT2D eigenvalue weighted by Crippen LogP contribution is 2.35. The maximum absolute atomic E-state index is 5.72. The quantitative estimate of drug-likeness (QED) is 0.644. The third kappa shape index (κ3) is 3.40. The molecule has 0 atom stereocenters. The van der Waals surface area contributed by atoms with Crippen molar-refractivity contribution in [1.82, 2.24) is 0 Å². The molecule has 0 N–H and O–H groups in total. The maximum Gasteiger partial charge on any atom is 0.369 e. The van der Waals surface area contributed by atoms with Gasteiger partial charge in [0.05, 0.1) is 5.16 Å². The molecule has 0 radical (unpaired) electrons. The van der Waals surface area contributed by atoms with Gasteiger partial charge in [-0.25, -0.2) is 0 Å². The van der Waals surface area contributed by atoms with E-state index in [1.54, 1.807) is 28.4 Å². The van der Waals surface area contributed by atoms with Crippen molar-refractivity contribution in [2.75, 3.05) is 28.4 Å². The van der Waals surface area contributed by atoms with Crippen LogP contribution >= 0.6 is 0 Å². The first-order valence-electron chi connectivity index (χ1n) is 6.00. The van der Waals surface area contributed by atoms with Gasteiger partial charge in [-0.2, -0.15) is 0 Å². The maximum atomic E-state index is 5.72. The standard InChI is InChI=1S/C12H26O4Si2/c1-8-10-17(13-4,14-5)12(3)18(15-6,16-7)11-9-2/h8-12H,1-7H3. The van der Waals surface area contributed by atoms with Gasteiger partial charge in [0.1, 0.15) is 0 Å². The molecule has 0 bridgehead atoms. The molecular formula is C12H26O4Si2. The molecule has 6 heteroatoms. The van der Waals surface area contributed by atoms with Crippen LogP contribution in [0.25, 0.3) is 0 Å². The Morgan fingerprint density at radius 3 is 1.17 bits per heavy atom. The summed E-state index contributed by atoms with van der Waals surface area (Å²) in [6, 6.07) is 0. The Bertz CT molecular complexity index is 256. The van der Waals surface area contributed by atoms with Crippen molar-refractivity contribution < 1.29 is 17.7 Å². The third-order valence-electron chi connectivity index (χ3n) is 3.28. The van der Waals surface area contributed by atoms with Crippen molar-refractivity contribution in [2.45, 2.75) is 25.9 Å². The van der Waals surface area contributed by atoms with Gasteiger partial charge in [-0.05, 0) is 25.2 Å². The Hall–Kier alpha value is -0.246. The molecule has 0 rings (SSSR count). The second kappa shape index (κ2) is 8.03. The molecule has 0 unspecified atom stereocenters. The highest BCUT2D eigenvalue weighted by molar-refractivity contribution is 6.92. The smallest absolute Gasteiger partial charge is 0.369 e. The van der Waals surface area contributed by atoms with E-state index in [-0.39, 0.29) is 5.16 Å². The fourth-order valence-corrected chi connectivity index (χ4v) is 10.2. The summed E-state index contributed by atoms with van der Waals surface area (Å²) >= 11 is 0. The molecule has 0 aromatic rings. The molecule has 0 spiro atoms. The normalized spacial score (nSPS) is 15.7. The summed E-state index contributed by atoms with van der Waals surface area (Å²) in [6.45, 7) is 6.01. The summed E-state index contributed by atoms with van der Waals surface area (Å²) < 4.78 is 22.9. The lowest BCUT2D eigenvalue weighted by Gasteiger charge is -2.38. The molecule has 0 saturated heterocycles. The van der Waals surface area contributed by atoms with Gasteiger partial charge in [-0.15, -0.1) is 0 Å². The van der Waals surface area contributed by atoms with Crippen LogP contribution < -0.4 is 0 Å². The minimum absolute atomic E-state index is 0.0717. The zero-order valence-corrected chi connectivity index (χ0v) is 14.5. The first kappa shape index (κ1) is 17.8. The Balaban J connectivity index is 5.57. The van der Waals surface area contributed by atoms with Gasteiger partial charge in [0.15, 0.2) is 0 Å². The number of hydrogen-bond donors (Lipinski definition) is 0. The molecule has 18 heavy (non-hydrogen) atoms. The van der Waals surface area contributed by atoms with Crippen LogP contribution in [0.2, 0.25) is 5.16 Å². The van der Waals surface area contributed by atoms with Gasteiger partial charge in [0.2, 0.25) is 0 Å². The molecule has 4 nitrogen and oxygen atoms in total. The SMILES string of the molecule is CC=C[Si](OC)(OC)C(C)[Si](C=CC)(OC)OC. The number of allylic oxidation sites excluding steroid dienone is 2. The van der Waals surface area contributed by atoms with Crippen LogP contribution in [-0.4, -0.2) is 45.6 Å². The molecule has 0 aliphatic heterocycles. The second-order valence-electron chi connectivity index (χ2n) is 3.98. The molecular weight excluding hydrogens is 264 g/mol. The molecule has 0 saturated carbocycles. The monoisotopic (exact) mass is 290 g/mol. The van der Waals surface area contributed by atoms with Crippen molar-refractivity contribution >= 4 is 17.1 Å². The van der Waals surface area contributed by atoms with E-state index in [1.807, 2.05) is 37.4 Å². The van der Waals surface area contributed by atoms with Crippen molar-refractivity contribution in [3.05, 3.63) is 23.6 Å². The van der Waals surface area contributed by atoms with Crippen LogP contribution in [0.3, 0.4) is 0 Å². The fraction of sp³-hybridized carbons (Fsp3) is 0.667. The van der Waals surface area contributed by atoms with Crippen LogP contribution in [-0.2, 0) is 17.7 Å². The second-order valence-corrected chi connectivity index (χ2v) is 11.5. The summed E-state index contributed by atoms with van der Waals surface area (Å²) in [4.78, 5) is 0. The molecule has 106 valence electrons. The van der Waals surface area contributed by atoms with Crippen molar-refractivity contribution in [1.29, 1.82) is 0 Å². The van der Waals surface area contributed by atoms with Crippen LogP contribution in [0, 0.1) is 0 Å². The van der Waals surface area contributed by atoms with E-state index in [0.717, 1.165) is 0 Å². The molecule has 0 amide bonds. The Morgan fingerprint density at radius 1 is 0.722 bits per heavy atom. The highest BCUT2D eigenvalue weighted by Gasteiger charge is 2.54. The summed E-state index contributed by atoms with van der Waals surface area (Å²) in [5.41, 5.74) is 4.06. The summed E-state index contributed by atoms with van der Waals surface area (Å²) in [6.07, 6.45) is 3.94.